The van der Waals surface area contributed by atoms with Gasteiger partial charge in [-0.2, -0.15) is 9.61 Å². The number of anilines is 1. The Morgan fingerprint density at radius 3 is 2.78 bits per heavy atom. The van der Waals surface area contributed by atoms with Crippen molar-refractivity contribution in [1.29, 1.82) is 0 Å². The molecule has 2 heterocycles. The molecule has 7 nitrogen and oxygen atoms in total. The van der Waals surface area contributed by atoms with E-state index in [9.17, 15) is 22.8 Å². The molecule has 1 N–H and O–H groups in total. The third-order valence-corrected chi connectivity index (χ3v) is 4.44. The van der Waals surface area contributed by atoms with Crippen molar-refractivity contribution in [2.75, 3.05) is 18.9 Å². The highest BCUT2D eigenvalue weighted by atomic mass is 32.1. The average molecular weight is 397 g/mol. The molecule has 0 aliphatic carbocycles. The molecule has 3 aromatic rings. The summed E-state index contributed by atoms with van der Waals surface area (Å²) >= 11 is 1.21. The highest BCUT2D eigenvalue weighted by Crippen LogP contribution is 2.19. The van der Waals surface area contributed by atoms with Crippen molar-refractivity contribution in [3.63, 3.8) is 0 Å². The Kier molecular flexibility index (Phi) is 5.24. The van der Waals surface area contributed by atoms with E-state index in [2.05, 4.69) is 15.4 Å². The summed E-state index contributed by atoms with van der Waals surface area (Å²) in [6.45, 7) is 1.78. The molecular formula is C16H14F3N5O2S. The van der Waals surface area contributed by atoms with E-state index in [4.69, 9.17) is 0 Å². The zero-order chi connectivity index (χ0) is 19.7. The number of nitrogens with zero attached hydrogens (tertiary/aromatic N) is 4. The molecular weight excluding hydrogens is 383 g/mol. The van der Waals surface area contributed by atoms with Crippen LogP contribution in [0.4, 0.5) is 18.9 Å². The van der Waals surface area contributed by atoms with Crippen LogP contribution in [0.2, 0.25) is 0 Å². The predicted octanol–water partition coefficient (Wildman–Crippen LogP) is 1.95. The maximum atomic E-state index is 13.6. The van der Waals surface area contributed by atoms with Gasteiger partial charge in [-0.15, -0.1) is 0 Å². The lowest BCUT2D eigenvalue weighted by Crippen LogP contribution is -2.30. The third-order valence-electron chi connectivity index (χ3n) is 3.54. The van der Waals surface area contributed by atoms with Crippen LogP contribution in [0.1, 0.15) is 10.7 Å². The molecule has 27 heavy (non-hydrogen) atoms. The van der Waals surface area contributed by atoms with E-state index in [1.807, 2.05) is 0 Å². The van der Waals surface area contributed by atoms with Crippen LogP contribution in [0.3, 0.4) is 0 Å². The first-order valence-electron chi connectivity index (χ1n) is 7.73. The Morgan fingerprint density at radius 2 is 2.04 bits per heavy atom. The molecule has 0 spiro atoms. The molecule has 0 bridgehead atoms. The van der Waals surface area contributed by atoms with Gasteiger partial charge in [0.1, 0.15) is 5.01 Å². The molecule has 0 atom stereocenters. The fourth-order valence-corrected chi connectivity index (χ4v) is 3.39. The summed E-state index contributed by atoms with van der Waals surface area (Å²) in [5.41, 5.74) is -0.163. The molecule has 1 amide bonds. The first-order chi connectivity index (χ1) is 12.7. The third kappa shape index (κ3) is 4.14. The van der Waals surface area contributed by atoms with Crippen molar-refractivity contribution in [3.05, 3.63) is 56.7 Å². The number of fused-ring (bicyclic) bond motifs is 1. The molecule has 2 aromatic heterocycles. The minimum absolute atomic E-state index is 0.157. The summed E-state index contributed by atoms with van der Waals surface area (Å²) in [5, 5.41) is 6.90. The van der Waals surface area contributed by atoms with Gasteiger partial charge in [0.15, 0.2) is 17.5 Å². The fourth-order valence-electron chi connectivity index (χ4n) is 2.37. The van der Waals surface area contributed by atoms with Crippen molar-refractivity contribution in [1.82, 2.24) is 19.5 Å². The van der Waals surface area contributed by atoms with Gasteiger partial charge >= 0.3 is 0 Å². The molecule has 0 unspecified atom stereocenters. The van der Waals surface area contributed by atoms with E-state index in [1.165, 1.54) is 21.9 Å². The lowest BCUT2D eigenvalue weighted by molar-refractivity contribution is -0.117. The molecule has 3 rings (SSSR count). The van der Waals surface area contributed by atoms with Crippen LogP contribution in [0, 0.1) is 24.4 Å². The van der Waals surface area contributed by atoms with Crippen LogP contribution < -0.4 is 10.9 Å². The molecule has 0 aliphatic rings. The maximum absolute atomic E-state index is 13.6. The number of likely N-dealkylation sites (N-methyl/N-ethyl adjacent to an activating group) is 1. The maximum Gasteiger partial charge on any atom is 0.275 e. The van der Waals surface area contributed by atoms with E-state index in [0.29, 0.717) is 15.7 Å². The van der Waals surface area contributed by atoms with E-state index >= 15 is 0 Å². The number of aromatic nitrogens is 3. The van der Waals surface area contributed by atoms with Crippen molar-refractivity contribution in [3.8, 4) is 0 Å². The van der Waals surface area contributed by atoms with Crippen LogP contribution in [0.25, 0.3) is 4.96 Å². The average Bonchev–Trinajstić information content (AvgIpc) is 2.97. The number of carbonyl (C=O) groups is 1. The zero-order valence-corrected chi connectivity index (χ0v) is 15.1. The van der Waals surface area contributed by atoms with Crippen molar-refractivity contribution in [2.45, 2.75) is 13.5 Å². The normalized spacial score (nSPS) is 11.3. The standard InChI is InChI=1S/C16H14F3N5O2S/c1-8-5-13(26)24-16(20-8)27-12(22-24)7-23(2)6-11(25)21-10-4-3-9(17)14(18)15(10)19/h3-5H,6-7H2,1-2H3,(H,21,25). The number of amides is 1. The summed E-state index contributed by atoms with van der Waals surface area (Å²) < 4.78 is 40.9. The first-order valence-corrected chi connectivity index (χ1v) is 8.54. The fraction of sp³-hybridized carbons (Fsp3) is 0.250. The number of hydrogen-bond acceptors (Lipinski definition) is 6. The largest absolute Gasteiger partial charge is 0.322 e. The highest BCUT2D eigenvalue weighted by molar-refractivity contribution is 7.16. The molecule has 0 fully saturated rings. The Bertz CT molecular complexity index is 1080. The number of benzene rings is 1. The van der Waals surface area contributed by atoms with Gasteiger partial charge in [0.05, 0.1) is 18.8 Å². The van der Waals surface area contributed by atoms with Gasteiger partial charge in [-0.1, -0.05) is 11.3 Å². The quantitative estimate of drug-likeness (QED) is 0.666. The van der Waals surface area contributed by atoms with Crippen LogP contribution in [-0.2, 0) is 11.3 Å². The highest BCUT2D eigenvalue weighted by Gasteiger charge is 2.17. The molecule has 1 aromatic carbocycles. The van der Waals surface area contributed by atoms with Crippen LogP contribution in [-0.4, -0.2) is 39.0 Å². The SMILES string of the molecule is Cc1cc(=O)n2nc(CN(C)CC(=O)Nc3ccc(F)c(F)c3F)sc2n1. The Hall–Kier alpha value is -2.79. The monoisotopic (exact) mass is 397 g/mol. The number of halogens is 3. The number of rotatable bonds is 5. The Labute approximate surface area is 155 Å². The van der Waals surface area contributed by atoms with Crippen molar-refractivity contribution in [2.24, 2.45) is 0 Å². The second-order valence-corrected chi connectivity index (χ2v) is 6.91. The van der Waals surface area contributed by atoms with Gasteiger partial charge in [-0.25, -0.2) is 18.2 Å². The van der Waals surface area contributed by atoms with Gasteiger partial charge in [-0.3, -0.25) is 14.5 Å². The van der Waals surface area contributed by atoms with Gasteiger partial charge in [0.2, 0.25) is 10.9 Å². The smallest absolute Gasteiger partial charge is 0.275 e. The number of aryl methyl sites for hydroxylation is 1. The summed E-state index contributed by atoms with van der Waals surface area (Å²) in [6.07, 6.45) is 0. The molecule has 0 saturated carbocycles. The van der Waals surface area contributed by atoms with E-state index in [-0.39, 0.29) is 18.6 Å². The first kappa shape index (κ1) is 19.0. The number of carbonyl (C=O) groups excluding carboxylic acids is 1. The lowest BCUT2D eigenvalue weighted by Gasteiger charge is -2.14. The minimum atomic E-state index is -1.65. The van der Waals surface area contributed by atoms with Crippen LogP contribution in [0.15, 0.2) is 23.0 Å². The molecule has 0 aliphatic heterocycles. The van der Waals surface area contributed by atoms with E-state index in [1.54, 1.807) is 18.9 Å². The van der Waals surface area contributed by atoms with Gasteiger partial charge < -0.3 is 5.32 Å². The number of hydrogen-bond donors (Lipinski definition) is 1. The summed E-state index contributed by atoms with van der Waals surface area (Å²) in [5.74, 6) is -5.06. The zero-order valence-electron chi connectivity index (χ0n) is 14.3. The second-order valence-electron chi connectivity index (χ2n) is 5.87. The van der Waals surface area contributed by atoms with Crippen molar-refractivity contribution < 1.29 is 18.0 Å². The Balaban J connectivity index is 1.66. The summed E-state index contributed by atoms with van der Waals surface area (Å²) in [7, 11) is 1.62. The minimum Gasteiger partial charge on any atom is -0.322 e. The Morgan fingerprint density at radius 1 is 1.30 bits per heavy atom. The second kappa shape index (κ2) is 7.45. The molecule has 11 heteroatoms. The molecule has 0 radical (unpaired) electrons. The lowest BCUT2D eigenvalue weighted by atomic mass is 10.2. The number of nitrogens with one attached hydrogen (secondary N) is 1. The van der Waals surface area contributed by atoms with Crippen LogP contribution >= 0.6 is 11.3 Å². The summed E-state index contributed by atoms with van der Waals surface area (Å²) in [6, 6.07) is 3.04. The predicted molar refractivity (Wildman–Crippen MR) is 93.2 cm³/mol. The van der Waals surface area contributed by atoms with Gasteiger partial charge in [0.25, 0.3) is 5.56 Å². The van der Waals surface area contributed by atoms with Gasteiger partial charge in [0, 0.05) is 11.8 Å². The van der Waals surface area contributed by atoms with Gasteiger partial charge in [-0.05, 0) is 26.1 Å². The topological polar surface area (TPSA) is 79.6 Å². The van der Waals surface area contributed by atoms with Crippen LogP contribution in [0.5, 0.6) is 0 Å². The summed E-state index contributed by atoms with van der Waals surface area (Å²) in [4.78, 5) is 30.1. The van der Waals surface area contributed by atoms with Crippen molar-refractivity contribution >= 4 is 27.9 Å². The molecule has 0 saturated heterocycles. The molecule has 142 valence electrons. The van der Waals surface area contributed by atoms with E-state index < -0.39 is 29.0 Å². The van der Waals surface area contributed by atoms with E-state index in [0.717, 1.165) is 12.1 Å².